The van der Waals surface area contributed by atoms with E-state index in [9.17, 15) is 14.0 Å². The molecule has 8 heteroatoms. The Balaban J connectivity index is 0.00000300. The van der Waals surface area contributed by atoms with Crippen molar-refractivity contribution in [2.75, 3.05) is 25.0 Å². The maximum atomic E-state index is 13.2. The monoisotopic (exact) mass is 426 g/mol. The van der Waals surface area contributed by atoms with Gasteiger partial charge in [0.25, 0.3) is 0 Å². The number of hydrogen-bond donors (Lipinski definition) is 3. The molecule has 0 aromatic heterocycles. The van der Waals surface area contributed by atoms with Crippen molar-refractivity contribution in [1.29, 1.82) is 0 Å². The summed E-state index contributed by atoms with van der Waals surface area (Å²) in [7, 11) is 0. The molecule has 1 saturated carbocycles. The Labute approximate surface area is 178 Å². The van der Waals surface area contributed by atoms with E-state index in [4.69, 9.17) is 5.73 Å². The van der Waals surface area contributed by atoms with E-state index in [0.29, 0.717) is 18.8 Å². The summed E-state index contributed by atoms with van der Waals surface area (Å²) < 4.78 is 13.2. The molecule has 4 N–H and O–H groups in total. The zero-order valence-electron chi connectivity index (χ0n) is 17.0. The quantitative estimate of drug-likeness (QED) is 0.688. The zero-order chi connectivity index (χ0) is 20.1. The number of likely N-dealkylation sites (tertiary alicyclic amines) is 1. The molecule has 29 heavy (non-hydrogen) atoms. The molecule has 1 heterocycles. The number of carbonyl (C=O) groups excluding carboxylic acids is 2. The molecule has 1 aromatic rings. The standard InChI is InChI=1S/C21H31FN4O2.ClH/c1-21(23)10-3-2-9-18(21)19(27)26-11-5-6-15(14-26)13-24-20(28)25-17-8-4-7-16(22)12-17;/h4,7-8,12,15,18H,2-3,5-6,9-11,13-14,23H2,1H3,(H2,24,25,28);1H. The average molecular weight is 427 g/mol. The molecule has 2 aliphatic rings. The molecule has 3 unspecified atom stereocenters. The topological polar surface area (TPSA) is 87.5 Å². The van der Waals surface area contributed by atoms with Crippen molar-refractivity contribution in [3.8, 4) is 0 Å². The normalized spacial score (nSPS) is 26.9. The summed E-state index contributed by atoms with van der Waals surface area (Å²) in [5.74, 6) is -0.125. The van der Waals surface area contributed by atoms with Gasteiger partial charge in [-0.15, -0.1) is 12.4 Å². The Morgan fingerprint density at radius 3 is 2.79 bits per heavy atom. The van der Waals surface area contributed by atoms with Crippen molar-refractivity contribution >= 4 is 30.0 Å². The zero-order valence-corrected chi connectivity index (χ0v) is 17.8. The molecule has 3 atom stereocenters. The van der Waals surface area contributed by atoms with Gasteiger partial charge in [0, 0.05) is 30.9 Å². The summed E-state index contributed by atoms with van der Waals surface area (Å²) >= 11 is 0. The lowest BCUT2D eigenvalue weighted by Crippen LogP contribution is -2.55. The lowest BCUT2D eigenvalue weighted by atomic mass is 9.73. The fourth-order valence-electron chi connectivity index (χ4n) is 4.39. The third-order valence-corrected chi connectivity index (χ3v) is 6.02. The summed E-state index contributed by atoms with van der Waals surface area (Å²) in [6.07, 6.45) is 5.79. The molecule has 3 amide bonds. The van der Waals surface area contributed by atoms with Crippen molar-refractivity contribution in [3.63, 3.8) is 0 Å². The minimum atomic E-state index is -0.425. The number of hydrogen-bond acceptors (Lipinski definition) is 3. The Bertz CT molecular complexity index is 716. The second kappa shape index (κ2) is 10.3. The maximum absolute atomic E-state index is 13.2. The number of nitrogens with zero attached hydrogens (tertiary/aromatic N) is 1. The highest BCUT2D eigenvalue weighted by Crippen LogP contribution is 2.33. The van der Waals surface area contributed by atoms with Gasteiger partial charge in [-0.05, 0) is 56.7 Å². The molecule has 1 aromatic carbocycles. The van der Waals surface area contributed by atoms with Crippen LogP contribution in [0.1, 0.15) is 45.4 Å². The molecular formula is C21H32ClFN4O2. The largest absolute Gasteiger partial charge is 0.342 e. The lowest BCUT2D eigenvalue weighted by Gasteiger charge is -2.42. The third kappa shape index (κ3) is 6.31. The molecule has 2 fully saturated rings. The van der Waals surface area contributed by atoms with Crippen LogP contribution in [-0.2, 0) is 4.79 Å². The number of urea groups is 1. The number of amides is 3. The molecule has 162 valence electrons. The van der Waals surface area contributed by atoms with Gasteiger partial charge in [0.05, 0.1) is 5.92 Å². The van der Waals surface area contributed by atoms with Crippen LogP contribution in [0, 0.1) is 17.7 Å². The lowest BCUT2D eigenvalue weighted by molar-refractivity contribution is -0.140. The SMILES string of the molecule is CC1(N)CCCCC1C(=O)N1CCCC(CNC(=O)Nc2cccc(F)c2)C1.Cl. The highest BCUT2D eigenvalue weighted by Gasteiger charge is 2.40. The molecule has 3 rings (SSSR count). The molecule has 6 nitrogen and oxygen atoms in total. The van der Waals surface area contributed by atoms with Crippen LogP contribution in [-0.4, -0.2) is 42.0 Å². The fraction of sp³-hybridized carbons (Fsp3) is 0.619. The van der Waals surface area contributed by atoms with Gasteiger partial charge in [0.15, 0.2) is 0 Å². The Hall–Kier alpha value is -1.86. The Morgan fingerprint density at radius 2 is 2.07 bits per heavy atom. The van der Waals surface area contributed by atoms with Gasteiger partial charge in [0.2, 0.25) is 5.91 Å². The summed E-state index contributed by atoms with van der Waals surface area (Å²) in [5, 5.41) is 5.47. The van der Waals surface area contributed by atoms with E-state index in [1.807, 2.05) is 11.8 Å². The molecule has 1 aliphatic carbocycles. The molecule has 0 spiro atoms. The Morgan fingerprint density at radius 1 is 1.28 bits per heavy atom. The Kier molecular flexibility index (Phi) is 8.28. The maximum Gasteiger partial charge on any atom is 0.319 e. The summed E-state index contributed by atoms with van der Waals surface area (Å²) in [6, 6.07) is 5.42. The van der Waals surface area contributed by atoms with Crippen LogP contribution in [0.25, 0.3) is 0 Å². The first-order valence-electron chi connectivity index (χ1n) is 10.2. The number of nitrogens with two attached hydrogens (primary N) is 1. The molecule has 1 aliphatic heterocycles. The van der Waals surface area contributed by atoms with Gasteiger partial charge in [-0.1, -0.05) is 18.9 Å². The van der Waals surface area contributed by atoms with E-state index in [-0.39, 0.29) is 36.2 Å². The number of nitrogens with one attached hydrogen (secondary N) is 2. The van der Waals surface area contributed by atoms with E-state index in [1.165, 1.54) is 12.1 Å². The van der Waals surface area contributed by atoms with Crippen molar-refractivity contribution in [1.82, 2.24) is 10.2 Å². The second-order valence-electron chi connectivity index (χ2n) is 8.44. The van der Waals surface area contributed by atoms with Crippen LogP contribution >= 0.6 is 12.4 Å². The van der Waals surface area contributed by atoms with Crippen LogP contribution in [0.2, 0.25) is 0 Å². The van der Waals surface area contributed by atoms with Crippen LogP contribution in [0.5, 0.6) is 0 Å². The van der Waals surface area contributed by atoms with Gasteiger partial charge in [-0.3, -0.25) is 4.79 Å². The van der Waals surface area contributed by atoms with Crippen molar-refractivity contribution in [2.24, 2.45) is 17.6 Å². The van der Waals surface area contributed by atoms with Crippen LogP contribution in [0.4, 0.5) is 14.9 Å². The van der Waals surface area contributed by atoms with Crippen LogP contribution < -0.4 is 16.4 Å². The first kappa shape index (κ1) is 23.4. The number of benzene rings is 1. The summed E-state index contributed by atoms with van der Waals surface area (Å²) in [5.41, 5.74) is 6.40. The average Bonchev–Trinajstić information content (AvgIpc) is 2.66. The van der Waals surface area contributed by atoms with Gasteiger partial charge >= 0.3 is 6.03 Å². The van der Waals surface area contributed by atoms with E-state index >= 15 is 0 Å². The number of carbonyl (C=O) groups is 2. The van der Waals surface area contributed by atoms with E-state index in [2.05, 4.69) is 10.6 Å². The van der Waals surface area contributed by atoms with Gasteiger partial charge < -0.3 is 21.3 Å². The van der Waals surface area contributed by atoms with Crippen molar-refractivity contribution < 1.29 is 14.0 Å². The second-order valence-corrected chi connectivity index (χ2v) is 8.44. The summed E-state index contributed by atoms with van der Waals surface area (Å²) in [4.78, 5) is 27.0. The first-order chi connectivity index (χ1) is 13.3. The van der Waals surface area contributed by atoms with Gasteiger partial charge in [-0.25, -0.2) is 9.18 Å². The first-order valence-corrected chi connectivity index (χ1v) is 10.2. The minimum Gasteiger partial charge on any atom is -0.342 e. The van der Waals surface area contributed by atoms with E-state index in [0.717, 1.165) is 45.1 Å². The smallest absolute Gasteiger partial charge is 0.319 e. The predicted molar refractivity (Wildman–Crippen MR) is 115 cm³/mol. The van der Waals surface area contributed by atoms with Crippen LogP contribution in [0.15, 0.2) is 24.3 Å². The van der Waals surface area contributed by atoms with Crippen molar-refractivity contribution in [3.05, 3.63) is 30.1 Å². The molecule has 0 bridgehead atoms. The predicted octanol–water partition coefficient (Wildman–Crippen LogP) is 3.52. The highest BCUT2D eigenvalue weighted by molar-refractivity contribution is 5.89. The van der Waals surface area contributed by atoms with Gasteiger partial charge in [-0.2, -0.15) is 0 Å². The fourth-order valence-corrected chi connectivity index (χ4v) is 4.39. The number of rotatable bonds is 4. The number of anilines is 1. The highest BCUT2D eigenvalue weighted by atomic mass is 35.5. The number of halogens is 2. The molecular weight excluding hydrogens is 395 g/mol. The van der Waals surface area contributed by atoms with Crippen LogP contribution in [0.3, 0.4) is 0 Å². The third-order valence-electron chi connectivity index (χ3n) is 6.02. The minimum absolute atomic E-state index is 0. The summed E-state index contributed by atoms with van der Waals surface area (Å²) in [6.45, 7) is 3.88. The van der Waals surface area contributed by atoms with Crippen molar-refractivity contribution in [2.45, 2.75) is 51.0 Å². The van der Waals surface area contributed by atoms with E-state index < -0.39 is 11.4 Å². The van der Waals surface area contributed by atoms with E-state index in [1.54, 1.807) is 12.1 Å². The molecule has 1 saturated heterocycles. The molecule has 0 radical (unpaired) electrons. The number of piperidine rings is 1. The van der Waals surface area contributed by atoms with Gasteiger partial charge in [0.1, 0.15) is 5.82 Å².